The highest BCUT2D eigenvalue weighted by Gasteiger charge is 2.33. The molecule has 2 heterocycles. The van der Waals surface area contributed by atoms with Crippen molar-refractivity contribution in [3.05, 3.63) is 28.4 Å². The molecule has 8 heteroatoms. The van der Waals surface area contributed by atoms with Crippen LogP contribution in [0.5, 0.6) is 0 Å². The smallest absolute Gasteiger partial charge is 0.411 e. The molecule has 0 spiro atoms. The second kappa shape index (κ2) is 6.90. The molecular weight excluding hydrogens is 400 g/mol. The maximum Gasteiger partial charge on any atom is 0.411 e. The topological polar surface area (TPSA) is 90.4 Å². The van der Waals surface area contributed by atoms with E-state index in [2.05, 4.69) is 21.0 Å². The quantitative estimate of drug-likeness (QED) is 0.795. The van der Waals surface area contributed by atoms with Gasteiger partial charge in [-0.25, -0.2) is 9.48 Å². The summed E-state index contributed by atoms with van der Waals surface area (Å²) in [5.74, 6) is -0.527. The predicted octanol–water partition coefficient (Wildman–Crippen LogP) is 3.82. The van der Waals surface area contributed by atoms with Crippen LogP contribution in [0.25, 0.3) is 10.9 Å². The first-order valence-corrected chi connectivity index (χ1v) is 9.44. The highest BCUT2D eigenvalue weighted by atomic mass is 79.9. The average Bonchev–Trinajstić information content (AvgIpc) is 2.90. The Kier molecular flexibility index (Phi) is 4.96. The number of hydrogen-bond donors (Lipinski definition) is 1. The van der Waals surface area contributed by atoms with Crippen molar-refractivity contribution in [2.45, 2.75) is 51.8 Å². The number of piperidine rings is 1. The predicted molar refractivity (Wildman–Crippen MR) is 102 cm³/mol. The molecule has 140 valence electrons. The van der Waals surface area contributed by atoms with Gasteiger partial charge in [0.15, 0.2) is 0 Å². The van der Waals surface area contributed by atoms with Gasteiger partial charge in [-0.15, -0.1) is 0 Å². The summed E-state index contributed by atoms with van der Waals surface area (Å²) >= 11 is 3.58. The minimum atomic E-state index is -0.565. The van der Waals surface area contributed by atoms with Crippen molar-refractivity contribution in [2.75, 3.05) is 6.54 Å². The molecule has 1 unspecified atom stereocenters. The number of aromatic nitrogens is 2. The first-order valence-electron chi connectivity index (χ1n) is 8.65. The minimum absolute atomic E-state index is 0.277. The molecule has 0 bridgehead atoms. The number of carbonyl (C=O) groups is 2. The van der Waals surface area contributed by atoms with E-state index in [1.165, 1.54) is 0 Å². The molecule has 7 nitrogen and oxygen atoms in total. The standard InChI is InChI=1S/C18H23BrN4O3/c1-18(2,3)26-17(25)22-10-5-4-9-13(22)23-15(19)11-7-6-8-12(16(20)24)14(11)21-23/h6-8,13H,4-5,9-10H2,1-3H3,(H2,20,24). The molecule has 1 saturated heterocycles. The lowest BCUT2D eigenvalue weighted by atomic mass is 10.1. The highest BCUT2D eigenvalue weighted by Crippen LogP contribution is 2.34. The molecule has 1 aromatic carbocycles. The first-order chi connectivity index (χ1) is 12.2. The average molecular weight is 423 g/mol. The number of nitrogens with two attached hydrogens (primary N) is 1. The number of likely N-dealkylation sites (tertiary alicyclic amines) is 1. The lowest BCUT2D eigenvalue weighted by Gasteiger charge is -2.37. The van der Waals surface area contributed by atoms with Gasteiger partial charge in [-0.3, -0.25) is 9.69 Å². The van der Waals surface area contributed by atoms with Crippen LogP contribution in [-0.4, -0.2) is 38.8 Å². The number of amides is 2. The fourth-order valence-electron chi connectivity index (χ4n) is 3.19. The molecule has 1 aliphatic rings. The molecule has 2 amide bonds. The maximum absolute atomic E-state index is 12.7. The van der Waals surface area contributed by atoms with E-state index < -0.39 is 11.5 Å². The Morgan fingerprint density at radius 2 is 2.04 bits per heavy atom. The van der Waals surface area contributed by atoms with Gasteiger partial charge in [0, 0.05) is 11.9 Å². The number of ether oxygens (including phenoxy) is 1. The van der Waals surface area contributed by atoms with Gasteiger partial charge in [0.1, 0.15) is 21.9 Å². The fourth-order valence-corrected chi connectivity index (χ4v) is 3.83. The molecule has 3 rings (SSSR count). The van der Waals surface area contributed by atoms with Crippen LogP contribution in [0.4, 0.5) is 4.79 Å². The summed E-state index contributed by atoms with van der Waals surface area (Å²) in [6, 6.07) is 5.29. The Hall–Kier alpha value is -2.09. The summed E-state index contributed by atoms with van der Waals surface area (Å²) in [5.41, 5.74) is 5.80. The zero-order valence-electron chi connectivity index (χ0n) is 15.2. The number of rotatable bonds is 2. The third-order valence-electron chi connectivity index (χ3n) is 4.31. The molecule has 0 saturated carbocycles. The van der Waals surface area contributed by atoms with Gasteiger partial charge in [0.05, 0.1) is 5.56 Å². The largest absolute Gasteiger partial charge is 0.444 e. The lowest BCUT2D eigenvalue weighted by molar-refractivity contribution is -0.00377. The van der Waals surface area contributed by atoms with E-state index in [0.717, 1.165) is 29.3 Å². The number of fused-ring (bicyclic) bond motifs is 1. The van der Waals surface area contributed by atoms with Crippen LogP contribution in [0.1, 0.15) is 56.6 Å². The summed E-state index contributed by atoms with van der Waals surface area (Å²) in [7, 11) is 0. The third kappa shape index (κ3) is 3.56. The maximum atomic E-state index is 12.7. The molecule has 26 heavy (non-hydrogen) atoms. The first kappa shape index (κ1) is 18.7. The van der Waals surface area contributed by atoms with Gasteiger partial charge in [0.2, 0.25) is 0 Å². The van der Waals surface area contributed by atoms with Crippen LogP contribution in [0.3, 0.4) is 0 Å². The normalized spacial score (nSPS) is 18.2. The lowest BCUT2D eigenvalue weighted by Crippen LogP contribution is -2.44. The van der Waals surface area contributed by atoms with E-state index in [1.54, 1.807) is 21.7 Å². The van der Waals surface area contributed by atoms with Gasteiger partial charge in [0.25, 0.3) is 5.91 Å². The van der Waals surface area contributed by atoms with Crippen LogP contribution in [0.2, 0.25) is 0 Å². The van der Waals surface area contributed by atoms with Gasteiger partial charge in [-0.2, -0.15) is 5.10 Å². The van der Waals surface area contributed by atoms with Crippen molar-refractivity contribution >= 4 is 38.8 Å². The molecule has 2 aromatic rings. The molecule has 0 radical (unpaired) electrons. The Labute approximate surface area is 160 Å². The molecular formula is C18H23BrN4O3. The number of hydrogen-bond acceptors (Lipinski definition) is 4. The Morgan fingerprint density at radius 1 is 1.31 bits per heavy atom. The van der Waals surface area contributed by atoms with E-state index >= 15 is 0 Å². The summed E-state index contributed by atoms with van der Waals surface area (Å²) in [4.78, 5) is 26.1. The van der Waals surface area contributed by atoms with E-state index in [9.17, 15) is 9.59 Å². The van der Waals surface area contributed by atoms with Crippen molar-refractivity contribution in [1.82, 2.24) is 14.7 Å². The Morgan fingerprint density at radius 3 is 2.69 bits per heavy atom. The van der Waals surface area contributed by atoms with E-state index in [0.29, 0.717) is 17.6 Å². The zero-order valence-corrected chi connectivity index (χ0v) is 16.7. The van der Waals surface area contributed by atoms with Gasteiger partial charge >= 0.3 is 6.09 Å². The van der Waals surface area contributed by atoms with Crippen LogP contribution in [-0.2, 0) is 4.74 Å². The Bertz CT molecular complexity index is 856. The van der Waals surface area contributed by atoms with Gasteiger partial charge in [-0.05, 0) is 68.1 Å². The van der Waals surface area contributed by atoms with Crippen molar-refractivity contribution < 1.29 is 14.3 Å². The second-order valence-corrected chi connectivity index (χ2v) is 8.20. The van der Waals surface area contributed by atoms with E-state index in [-0.39, 0.29) is 12.3 Å². The molecule has 1 aliphatic heterocycles. The van der Waals surface area contributed by atoms with Crippen molar-refractivity contribution in [2.24, 2.45) is 5.73 Å². The highest BCUT2D eigenvalue weighted by molar-refractivity contribution is 9.10. The summed E-state index contributed by atoms with van der Waals surface area (Å²) in [6.45, 7) is 6.15. The second-order valence-electron chi connectivity index (χ2n) is 7.45. The Balaban J connectivity index is 2.03. The summed E-state index contributed by atoms with van der Waals surface area (Å²) in [6.07, 6.45) is 2.03. The van der Waals surface area contributed by atoms with Gasteiger partial charge in [-0.1, -0.05) is 6.07 Å². The zero-order chi connectivity index (χ0) is 19.1. The van der Waals surface area contributed by atoms with E-state index in [4.69, 9.17) is 10.5 Å². The number of nitrogens with zero attached hydrogens (tertiary/aromatic N) is 3. The SMILES string of the molecule is CC(C)(C)OC(=O)N1CCCCC1n1nc2c(C(N)=O)cccc2c1Br. The van der Waals surface area contributed by atoms with Crippen LogP contribution in [0, 0.1) is 0 Å². The summed E-state index contributed by atoms with van der Waals surface area (Å²) < 4.78 is 8.03. The number of benzene rings is 1. The molecule has 2 N–H and O–H groups in total. The van der Waals surface area contributed by atoms with Crippen LogP contribution < -0.4 is 5.73 Å². The monoisotopic (exact) mass is 422 g/mol. The molecule has 0 aliphatic carbocycles. The third-order valence-corrected chi connectivity index (χ3v) is 5.10. The van der Waals surface area contributed by atoms with Crippen LogP contribution in [0.15, 0.2) is 22.8 Å². The minimum Gasteiger partial charge on any atom is -0.444 e. The molecule has 1 atom stereocenters. The van der Waals surface area contributed by atoms with E-state index in [1.807, 2.05) is 26.8 Å². The van der Waals surface area contributed by atoms with Crippen molar-refractivity contribution in [1.29, 1.82) is 0 Å². The number of primary amides is 1. The van der Waals surface area contributed by atoms with Crippen molar-refractivity contribution in [3.63, 3.8) is 0 Å². The van der Waals surface area contributed by atoms with Gasteiger partial charge < -0.3 is 10.5 Å². The van der Waals surface area contributed by atoms with Crippen LogP contribution >= 0.6 is 15.9 Å². The number of halogens is 1. The number of carbonyl (C=O) groups excluding carboxylic acids is 2. The fraction of sp³-hybridized carbons (Fsp3) is 0.500. The molecule has 1 aromatic heterocycles. The summed E-state index contributed by atoms with van der Waals surface area (Å²) in [5, 5.41) is 5.39. The molecule has 1 fully saturated rings. The van der Waals surface area contributed by atoms with Crippen molar-refractivity contribution in [3.8, 4) is 0 Å².